The molecular formula is C27H17BrClNO5. The molecule has 2 heterocycles. The van der Waals surface area contributed by atoms with Crippen molar-refractivity contribution >= 4 is 56.6 Å². The van der Waals surface area contributed by atoms with E-state index in [2.05, 4.69) is 15.9 Å². The van der Waals surface area contributed by atoms with Crippen LogP contribution in [-0.4, -0.2) is 29.0 Å². The minimum absolute atomic E-state index is 0.196. The molecule has 174 valence electrons. The number of fused-ring (bicyclic) bond motifs is 3. The smallest absolute Gasteiger partial charge is 0.241 e. The van der Waals surface area contributed by atoms with Gasteiger partial charge in [0.25, 0.3) is 0 Å². The molecule has 2 amide bonds. The van der Waals surface area contributed by atoms with Crippen LogP contribution in [0.3, 0.4) is 0 Å². The van der Waals surface area contributed by atoms with Crippen LogP contribution < -0.4 is 4.90 Å². The van der Waals surface area contributed by atoms with Crippen LogP contribution in [0.15, 0.2) is 71.2 Å². The number of nitrogens with zero attached hydrogens (tertiary/aromatic N) is 1. The fraction of sp³-hybridized carbons (Fsp3) is 0.185. The van der Waals surface area contributed by atoms with Gasteiger partial charge >= 0.3 is 0 Å². The Morgan fingerprint density at radius 1 is 0.857 bits per heavy atom. The van der Waals surface area contributed by atoms with Crippen LogP contribution in [-0.2, 0) is 14.3 Å². The van der Waals surface area contributed by atoms with Gasteiger partial charge in [-0.05, 0) is 48.4 Å². The molecule has 3 atom stereocenters. The Morgan fingerprint density at radius 3 is 2.11 bits per heavy atom. The Hall–Kier alpha value is -3.13. The molecule has 6 rings (SSSR count). The lowest BCUT2D eigenvalue weighted by molar-refractivity contribution is -0.127. The largest absolute Gasteiger partial charge is 0.349 e. The van der Waals surface area contributed by atoms with Crippen LogP contribution in [0.25, 0.3) is 0 Å². The fourth-order valence-electron chi connectivity index (χ4n) is 5.58. The standard InChI is InChI=1S/C27H17BrClNO5/c1-13-16(7-4-8-19(13)29)22-20-21(26(34)30(25(20)33)15-11-9-14(28)10-12-15)27(35-22)23(31)17-5-2-3-6-18(17)24(27)32/h2-12,20-22H,1H3. The van der Waals surface area contributed by atoms with Crippen LogP contribution in [0.1, 0.15) is 37.9 Å². The molecule has 0 radical (unpaired) electrons. The molecule has 1 aliphatic carbocycles. The van der Waals surface area contributed by atoms with E-state index in [9.17, 15) is 19.2 Å². The molecule has 3 aromatic carbocycles. The molecule has 0 aromatic heterocycles. The van der Waals surface area contributed by atoms with Crippen LogP contribution in [0.5, 0.6) is 0 Å². The van der Waals surface area contributed by atoms with E-state index >= 15 is 0 Å². The summed E-state index contributed by atoms with van der Waals surface area (Å²) in [4.78, 5) is 56.4. The molecule has 2 saturated heterocycles. The van der Waals surface area contributed by atoms with Gasteiger partial charge < -0.3 is 4.74 Å². The van der Waals surface area contributed by atoms with E-state index in [0.717, 1.165) is 9.37 Å². The van der Waals surface area contributed by atoms with Gasteiger partial charge in [-0.3, -0.25) is 19.2 Å². The second kappa shape index (κ2) is 7.68. The average molecular weight is 551 g/mol. The number of carbonyl (C=O) groups is 4. The zero-order chi connectivity index (χ0) is 24.6. The molecule has 0 saturated carbocycles. The van der Waals surface area contributed by atoms with Gasteiger partial charge in [-0.15, -0.1) is 0 Å². The summed E-state index contributed by atoms with van der Waals surface area (Å²) in [6.45, 7) is 1.78. The molecule has 3 aliphatic rings. The van der Waals surface area contributed by atoms with Crippen molar-refractivity contribution in [2.24, 2.45) is 11.8 Å². The van der Waals surface area contributed by atoms with E-state index in [1.54, 1.807) is 73.7 Å². The molecule has 0 bridgehead atoms. The molecule has 35 heavy (non-hydrogen) atoms. The summed E-state index contributed by atoms with van der Waals surface area (Å²) < 4.78 is 7.10. The van der Waals surface area contributed by atoms with Gasteiger partial charge in [0.15, 0.2) is 0 Å². The molecule has 8 heteroatoms. The first-order valence-corrected chi connectivity index (χ1v) is 12.2. The third-order valence-corrected chi connectivity index (χ3v) is 8.16. The van der Waals surface area contributed by atoms with Crippen molar-refractivity contribution in [3.8, 4) is 0 Å². The van der Waals surface area contributed by atoms with Crippen LogP contribution in [0.2, 0.25) is 5.02 Å². The second-order valence-corrected chi connectivity index (χ2v) is 10.2. The van der Waals surface area contributed by atoms with E-state index in [1.807, 2.05) is 0 Å². The third-order valence-electron chi connectivity index (χ3n) is 7.22. The highest BCUT2D eigenvalue weighted by atomic mass is 79.9. The summed E-state index contributed by atoms with van der Waals surface area (Å²) in [7, 11) is 0. The Bertz CT molecular complexity index is 1430. The highest BCUT2D eigenvalue weighted by Gasteiger charge is 2.74. The first-order chi connectivity index (χ1) is 16.8. The van der Waals surface area contributed by atoms with E-state index < -0.39 is 46.9 Å². The van der Waals surface area contributed by atoms with Gasteiger partial charge in [0.1, 0.15) is 0 Å². The first kappa shape index (κ1) is 22.3. The zero-order valence-electron chi connectivity index (χ0n) is 18.3. The Balaban J connectivity index is 1.57. The van der Waals surface area contributed by atoms with E-state index in [1.165, 1.54) is 0 Å². The summed E-state index contributed by atoms with van der Waals surface area (Å²) in [6.07, 6.45) is -1.00. The van der Waals surface area contributed by atoms with Crippen molar-refractivity contribution < 1.29 is 23.9 Å². The number of ether oxygens (including phenoxy) is 1. The number of halogens is 2. The Labute approximate surface area is 214 Å². The van der Waals surface area contributed by atoms with Gasteiger partial charge in [-0.1, -0.05) is 63.9 Å². The maximum absolute atomic E-state index is 13.9. The van der Waals surface area contributed by atoms with Gasteiger partial charge in [-0.25, -0.2) is 4.90 Å². The summed E-state index contributed by atoms with van der Waals surface area (Å²) in [5, 5.41) is 0.456. The predicted octanol–water partition coefficient (Wildman–Crippen LogP) is 5.11. The number of rotatable bonds is 2. The molecule has 2 aliphatic heterocycles. The lowest BCUT2D eigenvalue weighted by Gasteiger charge is -2.27. The maximum Gasteiger partial charge on any atom is 0.241 e. The number of Topliss-reactive ketones (excluding diaryl/α,β-unsaturated/α-hetero) is 2. The number of anilines is 1. The van der Waals surface area contributed by atoms with Gasteiger partial charge in [-0.2, -0.15) is 0 Å². The van der Waals surface area contributed by atoms with Crippen LogP contribution in [0, 0.1) is 18.8 Å². The minimum Gasteiger partial charge on any atom is -0.349 e. The van der Waals surface area contributed by atoms with E-state index in [-0.39, 0.29) is 11.1 Å². The highest BCUT2D eigenvalue weighted by molar-refractivity contribution is 9.10. The van der Waals surface area contributed by atoms with Gasteiger partial charge in [0, 0.05) is 20.6 Å². The highest BCUT2D eigenvalue weighted by Crippen LogP contribution is 2.58. The Kier molecular flexibility index (Phi) is 4.90. The summed E-state index contributed by atoms with van der Waals surface area (Å²) in [6, 6.07) is 18.3. The van der Waals surface area contributed by atoms with Crippen molar-refractivity contribution in [1.82, 2.24) is 0 Å². The van der Waals surface area contributed by atoms with Gasteiger partial charge in [0.05, 0.1) is 23.6 Å². The molecule has 3 aromatic rings. The van der Waals surface area contributed by atoms with Crippen molar-refractivity contribution in [2.45, 2.75) is 18.6 Å². The molecule has 0 N–H and O–H groups in total. The van der Waals surface area contributed by atoms with Crippen molar-refractivity contribution in [2.75, 3.05) is 4.90 Å². The lowest BCUT2D eigenvalue weighted by atomic mass is 9.77. The average Bonchev–Trinajstić information content (AvgIpc) is 3.42. The normalized spacial score (nSPS) is 24.4. The van der Waals surface area contributed by atoms with Crippen molar-refractivity contribution in [1.29, 1.82) is 0 Å². The number of ketones is 2. The van der Waals surface area contributed by atoms with Crippen molar-refractivity contribution in [3.63, 3.8) is 0 Å². The lowest BCUT2D eigenvalue weighted by Crippen LogP contribution is -2.51. The number of benzene rings is 3. The molecule has 2 fully saturated rings. The first-order valence-electron chi connectivity index (χ1n) is 11.0. The quantitative estimate of drug-likeness (QED) is 0.327. The topological polar surface area (TPSA) is 80.8 Å². The minimum atomic E-state index is -2.11. The Morgan fingerprint density at radius 2 is 1.49 bits per heavy atom. The monoisotopic (exact) mass is 549 g/mol. The number of hydrogen-bond donors (Lipinski definition) is 0. The number of carbonyl (C=O) groups excluding carboxylic acids is 4. The zero-order valence-corrected chi connectivity index (χ0v) is 20.7. The molecule has 6 nitrogen and oxygen atoms in total. The van der Waals surface area contributed by atoms with Gasteiger partial charge in [0.2, 0.25) is 29.0 Å². The molecular weight excluding hydrogens is 534 g/mol. The predicted molar refractivity (Wildman–Crippen MR) is 131 cm³/mol. The molecule has 1 spiro atoms. The maximum atomic E-state index is 13.9. The third kappa shape index (κ3) is 2.86. The number of amides is 2. The SMILES string of the molecule is Cc1c(Cl)cccc1C1OC2(C(=O)c3ccccc3C2=O)C2C(=O)N(c3ccc(Br)cc3)C(=O)C12. The van der Waals surface area contributed by atoms with Crippen molar-refractivity contribution in [3.05, 3.63) is 98.5 Å². The summed E-state index contributed by atoms with van der Waals surface area (Å²) >= 11 is 9.72. The van der Waals surface area contributed by atoms with E-state index in [4.69, 9.17) is 16.3 Å². The van der Waals surface area contributed by atoms with Crippen LogP contribution in [0.4, 0.5) is 5.69 Å². The summed E-state index contributed by atoms with van der Waals surface area (Å²) in [5.74, 6) is -4.68. The fourth-order valence-corrected chi connectivity index (χ4v) is 6.02. The molecule has 3 unspecified atom stereocenters. The van der Waals surface area contributed by atoms with Crippen LogP contribution >= 0.6 is 27.5 Å². The summed E-state index contributed by atoms with van der Waals surface area (Å²) in [5.41, 5.74) is -0.119. The number of imide groups is 1. The second-order valence-electron chi connectivity index (χ2n) is 8.92. The van der Waals surface area contributed by atoms with E-state index in [0.29, 0.717) is 21.8 Å². The number of hydrogen-bond acceptors (Lipinski definition) is 5.